The van der Waals surface area contributed by atoms with E-state index in [0.717, 1.165) is 13.0 Å². The largest absolute Gasteiger partial charge is 0.502 e. The van der Waals surface area contributed by atoms with Crippen molar-refractivity contribution in [1.29, 1.82) is 0 Å². The van der Waals surface area contributed by atoms with E-state index in [1.54, 1.807) is 21.3 Å². The molecule has 0 spiro atoms. The molecule has 0 bridgehead atoms. The van der Waals surface area contributed by atoms with Crippen molar-refractivity contribution in [3.8, 4) is 0 Å². The minimum atomic E-state index is -2.47. The molecule has 7 heteroatoms. The third kappa shape index (κ3) is 8.36. The number of hydrogen-bond donors (Lipinski definition) is 0. The molecule has 0 saturated carbocycles. The maximum absolute atomic E-state index is 5.73. The minimum absolute atomic E-state index is 0.592. The van der Waals surface area contributed by atoms with E-state index in [4.69, 9.17) is 22.4 Å². The summed E-state index contributed by atoms with van der Waals surface area (Å²) in [5, 5.41) is 0. The van der Waals surface area contributed by atoms with Gasteiger partial charge in [0.2, 0.25) is 0 Å². The summed E-state index contributed by atoms with van der Waals surface area (Å²) in [6.07, 6.45) is 0.922. The Hall–Kier alpha value is 0.234. The molecule has 0 rings (SSSR count). The molecular formula is C11H28O5Si2. The Morgan fingerprint density at radius 1 is 0.778 bits per heavy atom. The van der Waals surface area contributed by atoms with E-state index in [1.165, 1.54) is 0 Å². The minimum Gasteiger partial charge on any atom is -0.418 e. The van der Waals surface area contributed by atoms with E-state index >= 15 is 0 Å². The van der Waals surface area contributed by atoms with Crippen LogP contribution in [0.4, 0.5) is 0 Å². The van der Waals surface area contributed by atoms with Crippen LogP contribution < -0.4 is 0 Å². The van der Waals surface area contributed by atoms with Crippen LogP contribution in [0.25, 0.3) is 0 Å². The van der Waals surface area contributed by atoms with Gasteiger partial charge in [-0.05, 0) is 26.1 Å². The second kappa shape index (κ2) is 9.19. The lowest BCUT2D eigenvalue weighted by molar-refractivity contribution is 0.0904. The van der Waals surface area contributed by atoms with Crippen LogP contribution in [0.1, 0.15) is 6.42 Å². The van der Waals surface area contributed by atoms with E-state index < -0.39 is 17.1 Å². The summed E-state index contributed by atoms with van der Waals surface area (Å²) >= 11 is 0. The van der Waals surface area contributed by atoms with Crippen LogP contribution >= 0.6 is 0 Å². The van der Waals surface area contributed by atoms with Crippen molar-refractivity contribution in [2.75, 3.05) is 41.2 Å². The molecule has 0 saturated heterocycles. The normalized spacial score (nSPS) is 13.0. The zero-order chi connectivity index (χ0) is 14.1. The first-order valence-electron chi connectivity index (χ1n) is 6.26. The first-order chi connectivity index (χ1) is 8.39. The highest BCUT2D eigenvalue weighted by Gasteiger charge is 2.37. The van der Waals surface area contributed by atoms with Crippen molar-refractivity contribution in [2.24, 2.45) is 0 Å². The molecule has 0 fully saturated rings. The second-order valence-corrected chi connectivity index (χ2v) is 12.6. The fraction of sp³-hybridized carbons (Fsp3) is 1.00. The zero-order valence-electron chi connectivity index (χ0n) is 12.6. The Kier molecular flexibility index (Phi) is 9.31. The Bertz CT molecular complexity index is 196. The number of ether oxygens (including phenoxy) is 1. The molecule has 0 amide bonds. The fourth-order valence-corrected chi connectivity index (χ4v) is 3.66. The topological polar surface area (TPSA) is 46.2 Å². The molecule has 0 atom stereocenters. The lowest BCUT2D eigenvalue weighted by atomic mass is 10.5. The van der Waals surface area contributed by atoms with Crippen molar-refractivity contribution in [2.45, 2.75) is 32.1 Å². The third-order valence-electron chi connectivity index (χ3n) is 2.45. The van der Waals surface area contributed by atoms with Gasteiger partial charge in [-0.15, -0.1) is 0 Å². The van der Waals surface area contributed by atoms with Gasteiger partial charge in [0.05, 0.1) is 6.61 Å². The molecule has 0 aliphatic carbocycles. The average molecular weight is 297 g/mol. The van der Waals surface area contributed by atoms with Crippen LogP contribution in [0, 0.1) is 0 Å². The van der Waals surface area contributed by atoms with Gasteiger partial charge < -0.3 is 22.4 Å². The molecule has 0 unspecified atom stereocenters. The van der Waals surface area contributed by atoms with Crippen LogP contribution in [-0.2, 0) is 22.4 Å². The van der Waals surface area contributed by atoms with Gasteiger partial charge in [-0.2, -0.15) is 0 Å². The van der Waals surface area contributed by atoms with Gasteiger partial charge in [-0.25, -0.2) is 0 Å². The molecule has 0 N–H and O–H groups in total. The van der Waals surface area contributed by atoms with E-state index in [2.05, 4.69) is 19.6 Å². The van der Waals surface area contributed by atoms with E-state index in [-0.39, 0.29) is 0 Å². The average Bonchev–Trinajstić information content (AvgIpc) is 2.32. The Morgan fingerprint density at radius 3 is 1.78 bits per heavy atom. The van der Waals surface area contributed by atoms with Gasteiger partial charge in [0.25, 0.3) is 0 Å². The van der Waals surface area contributed by atoms with Crippen LogP contribution in [0.5, 0.6) is 0 Å². The van der Waals surface area contributed by atoms with Gasteiger partial charge in [0.15, 0.2) is 8.32 Å². The lowest BCUT2D eigenvalue weighted by Crippen LogP contribution is -2.43. The van der Waals surface area contributed by atoms with Crippen molar-refractivity contribution >= 4 is 17.1 Å². The number of rotatable bonds is 11. The highest BCUT2D eigenvalue weighted by atomic mass is 28.4. The molecule has 110 valence electrons. The van der Waals surface area contributed by atoms with Gasteiger partial charge in [0.1, 0.15) is 0 Å². The lowest BCUT2D eigenvalue weighted by Gasteiger charge is -2.24. The molecule has 0 aliphatic heterocycles. The Morgan fingerprint density at radius 2 is 1.33 bits per heavy atom. The van der Waals surface area contributed by atoms with Crippen LogP contribution in [-0.4, -0.2) is 58.3 Å². The summed E-state index contributed by atoms with van der Waals surface area (Å²) in [6.45, 7) is 8.62. The summed E-state index contributed by atoms with van der Waals surface area (Å²) in [5.41, 5.74) is 0. The fourth-order valence-electron chi connectivity index (χ4n) is 1.39. The first-order valence-corrected chi connectivity index (χ1v) is 11.6. The molecule has 0 heterocycles. The van der Waals surface area contributed by atoms with Crippen molar-refractivity contribution in [3.63, 3.8) is 0 Å². The maximum atomic E-state index is 5.73. The Balaban J connectivity index is 3.56. The summed E-state index contributed by atoms with van der Waals surface area (Å²) in [4.78, 5) is 0. The summed E-state index contributed by atoms with van der Waals surface area (Å²) in [6, 6.07) is 0.672. The third-order valence-corrected chi connectivity index (χ3v) is 6.21. The first kappa shape index (κ1) is 18.2. The van der Waals surface area contributed by atoms with Crippen LogP contribution in [0.2, 0.25) is 25.7 Å². The smallest absolute Gasteiger partial charge is 0.418 e. The number of hydrogen-bond acceptors (Lipinski definition) is 5. The maximum Gasteiger partial charge on any atom is 0.502 e. The van der Waals surface area contributed by atoms with E-state index in [9.17, 15) is 0 Å². The summed E-state index contributed by atoms with van der Waals surface area (Å²) < 4.78 is 27.2. The monoisotopic (exact) mass is 296 g/mol. The standard InChI is InChI=1S/C11H28O5Si2/c1-12-18(13-2,14-3)11-10-15-8-7-9-16-17(4,5)6/h7-11H2,1-6H3. The molecule has 5 nitrogen and oxygen atoms in total. The van der Waals surface area contributed by atoms with Gasteiger partial charge >= 0.3 is 8.80 Å². The highest BCUT2D eigenvalue weighted by molar-refractivity contribution is 6.69. The summed E-state index contributed by atoms with van der Waals surface area (Å²) in [5.74, 6) is 0. The molecule has 0 aromatic rings. The predicted molar refractivity (Wildman–Crippen MR) is 76.3 cm³/mol. The van der Waals surface area contributed by atoms with Gasteiger partial charge in [0, 0.05) is 40.6 Å². The molecule has 18 heavy (non-hydrogen) atoms. The van der Waals surface area contributed by atoms with Crippen LogP contribution in [0.15, 0.2) is 0 Å². The molecule has 0 radical (unpaired) electrons. The predicted octanol–water partition coefficient (Wildman–Crippen LogP) is 2.12. The van der Waals surface area contributed by atoms with Crippen molar-refractivity contribution in [3.05, 3.63) is 0 Å². The summed E-state index contributed by atoms with van der Waals surface area (Å²) in [7, 11) is 0.989. The van der Waals surface area contributed by atoms with E-state index in [0.29, 0.717) is 19.3 Å². The van der Waals surface area contributed by atoms with Crippen molar-refractivity contribution < 1.29 is 22.4 Å². The quantitative estimate of drug-likeness (QED) is 0.432. The van der Waals surface area contributed by atoms with Gasteiger partial charge in [-0.3, -0.25) is 0 Å². The van der Waals surface area contributed by atoms with Crippen molar-refractivity contribution in [1.82, 2.24) is 0 Å². The zero-order valence-corrected chi connectivity index (χ0v) is 14.6. The molecular weight excluding hydrogens is 268 g/mol. The molecule has 0 aromatic heterocycles. The molecule has 0 aromatic carbocycles. The Labute approximate surface area is 113 Å². The van der Waals surface area contributed by atoms with E-state index in [1.807, 2.05) is 0 Å². The SMILES string of the molecule is CO[Si](CCOCCCO[Si](C)(C)C)(OC)OC. The van der Waals surface area contributed by atoms with Crippen LogP contribution in [0.3, 0.4) is 0 Å². The molecule has 0 aliphatic rings. The van der Waals surface area contributed by atoms with Gasteiger partial charge in [-0.1, -0.05) is 0 Å². The highest BCUT2D eigenvalue weighted by Crippen LogP contribution is 2.12. The second-order valence-electron chi connectivity index (χ2n) is 4.97.